The average Bonchev–Trinajstić information content (AvgIpc) is 3.42. The van der Waals surface area contributed by atoms with Crippen LogP contribution in [0.4, 0.5) is 8.78 Å². The molecule has 1 aliphatic heterocycles. The fraction of sp³-hybridized carbons (Fsp3) is 0.273. The van der Waals surface area contributed by atoms with Crippen LogP contribution in [0.3, 0.4) is 0 Å². The number of thiazole rings is 1. The Labute approximate surface area is 176 Å². The molecule has 1 N–H and O–H groups in total. The number of amides is 1. The second kappa shape index (κ2) is 9.32. The highest BCUT2D eigenvalue weighted by Crippen LogP contribution is 2.32. The van der Waals surface area contributed by atoms with Crippen LogP contribution in [0, 0.1) is 11.6 Å². The summed E-state index contributed by atoms with van der Waals surface area (Å²) in [6, 6.07) is 10.5. The van der Waals surface area contributed by atoms with Crippen LogP contribution < -0.4 is 10.1 Å². The summed E-state index contributed by atoms with van der Waals surface area (Å²) in [4.78, 5) is 16.8. The molecule has 4 rings (SSSR count). The summed E-state index contributed by atoms with van der Waals surface area (Å²) in [6.45, 7) is 1.21. The number of para-hydroxylation sites is 1. The van der Waals surface area contributed by atoms with E-state index in [0.717, 1.165) is 25.5 Å². The molecule has 2 aromatic carbocycles. The minimum absolute atomic E-state index is 0.00575. The molecule has 1 atom stereocenters. The van der Waals surface area contributed by atoms with Crippen LogP contribution >= 0.6 is 11.3 Å². The highest BCUT2D eigenvalue weighted by molar-refractivity contribution is 7.13. The van der Waals surface area contributed by atoms with Gasteiger partial charge in [-0.05, 0) is 42.7 Å². The third-order valence-corrected chi connectivity index (χ3v) is 5.56. The van der Waals surface area contributed by atoms with Crippen LogP contribution in [-0.2, 0) is 11.3 Å². The fourth-order valence-corrected chi connectivity index (χ4v) is 4.06. The van der Waals surface area contributed by atoms with Gasteiger partial charge >= 0.3 is 0 Å². The highest BCUT2D eigenvalue weighted by Gasteiger charge is 2.19. The van der Waals surface area contributed by atoms with E-state index in [2.05, 4.69) is 10.3 Å². The zero-order valence-corrected chi connectivity index (χ0v) is 16.9. The number of hydrogen-bond acceptors (Lipinski definition) is 5. The number of rotatable bonds is 7. The number of nitrogens with zero attached hydrogens (tertiary/aromatic N) is 1. The summed E-state index contributed by atoms with van der Waals surface area (Å²) in [7, 11) is 0. The Hall–Kier alpha value is -2.84. The lowest BCUT2D eigenvalue weighted by molar-refractivity contribution is 0.0854. The second-order valence-corrected chi connectivity index (χ2v) is 7.80. The lowest BCUT2D eigenvalue weighted by Gasteiger charge is -2.10. The number of nitrogens with one attached hydrogen (secondary N) is 1. The van der Waals surface area contributed by atoms with Gasteiger partial charge in [0.25, 0.3) is 5.91 Å². The molecule has 0 aliphatic carbocycles. The van der Waals surface area contributed by atoms with Crippen molar-refractivity contribution in [1.82, 2.24) is 10.3 Å². The van der Waals surface area contributed by atoms with E-state index in [0.29, 0.717) is 34.1 Å². The Morgan fingerprint density at radius 2 is 2.03 bits per heavy atom. The van der Waals surface area contributed by atoms with Gasteiger partial charge in [-0.25, -0.2) is 13.8 Å². The first-order valence-corrected chi connectivity index (χ1v) is 10.5. The maximum Gasteiger partial charge on any atom is 0.270 e. The minimum Gasteiger partial charge on any atom is -0.488 e. The van der Waals surface area contributed by atoms with Crippen molar-refractivity contribution >= 4 is 17.2 Å². The molecule has 0 spiro atoms. The van der Waals surface area contributed by atoms with Crippen molar-refractivity contribution in [3.8, 4) is 16.3 Å². The Balaban J connectivity index is 1.44. The lowest BCUT2D eigenvalue weighted by Crippen LogP contribution is -2.31. The van der Waals surface area contributed by atoms with Crippen molar-refractivity contribution < 1.29 is 23.0 Å². The third-order valence-electron chi connectivity index (χ3n) is 4.69. The molecule has 0 bridgehead atoms. The predicted octanol–water partition coefficient (Wildman–Crippen LogP) is 4.58. The molecule has 156 valence electrons. The van der Waals surface area contributed by atoms with E-state index < -0.39 is 11.6 Å². The number of benzene rings is 2. The summed E-state index contributed by atoms with van der Waals surface area (Å²) < 4.78 is 38.1. The number of ether oxygens (including phenoxy) is 2. The van der Waals surface area contributed by atoms with Crippen LogP contribution in [-0.4, -0.2) is 30.1 Å². The topological polar surface area (TPSA) is 60.5 Å². The molecule has 0 saturated carbocycles. The smallest absolute Gasteiger partial charge is 0.270 e. The monoisotopic (exact) mass is 430 g/mol. The zero-order chi connectivity index (χ0) is 20.9. The minimum atomic E-state index is -0.652. The van der Waals surface area contributed by atoms with Crippen LogP contribution in [0.15, 0.2) is 47.8 Å². The van der Waals surface area contributed by atoms with Gasteiger partial charge in [0.15, 0.2) is 0 Å². The van der Waals surface area contributed by atoms with Crippen molar-refractivity contribution in [2.45, 2.75) is 25.6 Å². The highest BCUT2D eigenvalue weighted by atomic mass is 32.1. The molecule has 3 aromatic rings. The van der Waals surface area contributed by atoms with Gasteiger partial charge in [0.1, 0.15) is 34.7 Å². The third kappa shape index (κ3) is 5.01. The Morgan fingerprint density at radius 3 is 2.80 bits per heavy atom. The van der Waals surface area contributed by atoms with Gasteiger partial charge < -0.3 is 14.8 Å². The van der Waals surface area contributed by atoms with Gasteiger partial charge in [-0.15, -0.1) is 11.3 Å². The van der Waals surface area contributed by atoms with Gasteiger partial charge in [0.05, 0.1) is 11.7 Å². The SMILES string of the molecule is O=C(NC[C@@H]1CCCO1)c1csc(-c2ccccc2OCc2cc(F)cc(F)c2)n1. The maximum absolute atomic E-state index is 13.4. The zero-order valence-electron chi connectivity index (χ0n) is 16.1. The summed E-state index contributed by atoms with van der Waals surface area (Å²) in [5, 5.41) is 5.17. The molecule has 1 aromatic heterocycles. The van der Waals surface area contributed by atoms with E-state index >= 15 is 0 Å². The van der Waals surface area contributed by atoms with Crippen molar-refractivity contribution in [2.24, 2.45) is 0 Å². The molecule has 2 heterocycles. The Bertz CT molecular complexity index is 1010. The number of halogens is 2. The average molecular weight is 430 g/mol. The number of carbonyl (C=O) groups is 1. The van der Waals surface area contributed by atoms with Gasteiger partial charge in [0, 0.05) is 24.6 Å². The van der Waals surface area contributed by atoms with Gasteiger partial charge in [-0.2, -0.15) is 0 Å². The second-order valence-electron chi connectivity index (χ2n) is 6.95. The molecule has 8 heteroatoms. The van der Waals surface area contributed by atoms with Crippen LogP contribution in [0.25, 0.3) is 10.6 Å². The molecule has 1 aliphatic rings. The molecular weight excluding hydrogens is 410 g/mol. The normalized spacial score (nSPS) is 15.9. The Morgan fingerprint density at radius 1 is 1.23 bits per heavy atom. The standard InChI is InChI=1S/C22H20F2N2O3S/c23-15-8-14(9-16(24)10-15)12-29-20-6-2-1-5-18(20)22-26-19(13-30-22)21(27)25-11-17-4-3-7-28-17/h1-2,5-6,8-10,13,17H,3-4,7,11-12H2,(H,25,27)/t17-/m0/s1. The molecule has 30 heavy (non-hydrogen) atoms. The van der Waals surface area contributed by atoms with E-state index in [-0.39, 0.29) is 18.6 Å². The quantitative estimate of drug-likeness (QED) is 0.596. The van der Waals surface area contributed by atoms with E-state index in [1.165, 1.54) is 23.5 Å². The molecular formula is C22H20F2N2O3S. The van der Waals surface area contributed by atoms with Crippen molar-refractivity contribution in [1.29, 1.82) is 0 Å². The summed E-state index contributed by atoms with van der Waals surface area (Å²) in [5.41, 5.74) is 1.42. The summed E-state index contributed by atoms with van der Waals surface area (Å²) in [5.74, 6) is -1.04. The number of aromatic nitrogens is 1. The summed E-state index contributed by atoms with van der Waals surface area (Å²) in [6.07, 6.45) is 2.03. The molecule has 0 radical (unpaired) electrons. The lowest BCUT2D eigenvalue weighted by atomic mass is 10.2. The van der Waals surface area contributed by atoms with Crippen molar-refractivity contribution in [2.75, 3.05) is 13.2 Å². The maximum atomic E-state index is 13.4. The Kier molecular flexibility index (Phi) is 6.35. The molecule has 1 saturated heterocycles. The van der Waals surface area contributed by atoms with Crippen LogP contribution in [0.5, 0.6) is 5.75 Å². The first-order valence-electron chi connectivity index (χ1n) is 9.61. The van der Waals surface area contributed by atoms with Crippen LogP contribution in [0.1, 0.15) is 28.9 Å². The molecule has 0 unspecified atom stereocenters. The fourth-order valence-electron chi connectivity index (χ4n) is 3.23. The number of hydrogen-bond donors (Lipinski definition) is 1. The van der Waals surface area contributed by atoms with Crippen molar-refractivity contribution in [3.05, 3.63) is 70.7 Å². The van der Waals surface area contributed by atoms with Crippen LogP contribution in [0.2, 0.25) is 0 Å². The van der Waals surface area contributed by atoms with E-state index in [9.17, 15) is 13.6 Å². The van der Waals surface area contributed by atoms with Gasteiger partial charge in [-0.1, -0.05) is 12.1 Å². The van der Waals surface area contributed by atoms with Gasteiger partial charge in [0.2, 0.25) is 0 Å². The first-order chi connectivity index (χ1) is 14.6. The van der Waals surface area contributed by atoms with E-state index in [4.69, 9.17) is 9.47 Å². The molecule has 5 nitrogen and oxygen atoms in total. The van der Waals surface area contributed by atoms with Crippen molar-refractivity contribution in [3.63, 3.8) is 0 Å². The summed E-state index contributed by atoms with van der Waals surface area (Å²) >= 11 is 1.33. The predicted molar refractivity (Wildman–Crippen MR) is 110 cm³/mol. The molecule has 1 amide bonds. The number of carbonyl (C=O) groups excluding carboxylic acids is 1. The molecule has 1 fully saturated rings. The van der Waals surface area contributed by atoms with E-state index in [1.807, 2.05) is 12.1 Å². The van der Waals surface area contributed by atoms with Gasteiger partial charge in [-0.3, -0.25) is 4.79 Å². The largest absolute Gasteiger partial charge is 0.488 e. The van der Waals surface area contributed by atoms with E-state index in [1.54, 1.807) is 17.5 Å². The first kappa shape index (κ1) is 20.4.